The molecule has 3 unspecified atom stereocenters. The van der Waals surface area contributed by atoms with Crippen LogP contribution in [0.4, 0.5) is 0 Å². The first-order valence-corrected chi connectivity index (χ1v) is 8.35. The third kappa shape index (κ3) is 3.09. The maximum atomic E-state index is 6.62. The van der Waals surface area contributed by atoms with E-state index in [0.717, 1.165) is 18.1 Å². The Morgan fingerprint density at radius 1 is 1.19 bits per heavy atom. The summed E-state index contributed by atoms with van der Waals surface area (Å²) in [6.45, 7) is 4.81. The minimum atomic E-state index is 0.146. The van der Waals surface area contributed by atoms with E-state index < -0.39 is 0 Å². The van der Waals surface area contributed by atoms with Gasteiger partial charge in [0, 0.05) is 12.1 Å². The summed E-state index contributed by atoms with van der Waals surface area (Å²) in [5, 5.41) is 0. The van der Waals surface area contributed by atoms with Crippen molar-refractivity contribution >= 4 is 0 Å². The van der Waals surface area contributed by atoms with E-state index in [0.29, 0.717) is 6.04 Å². The van der Waals surface area contributed by atoms with Crippen molar-refractivity contribution < 1.29 is 4.74 Å². The lowest BCUT2D eigenvalue weighted by atomic mass is 9.83. The molecule has 3 rings (SSSR count). The molecule has 2 N–H and O–H groups in total. The first kappa shape index (κ1) is 14.9. The van der Waals surface area contributed by atoms with Crippen molar-refractivity contribution in [3.63, 3.8) is 0 Å². The Kier molecular flexibility index (Phi) is 4.51. The van der Waals surface area contributed by atoms with Crippen molar-refractivity contribution in [1.29, 1.82) is 0 Å². The van der Waals surface area contributed by atoms with Gasteiger partial charge in [-0.1, -0.05) is 13.0 Å². The van der Waals surface area contributed by atoms with Gasteiger partial charge in [-0.15, -0.1) is 0 Å². The van der Waals surface area contributed by atoms with E-state index in [1.807, 2.05) is 6.07 Å². The minimum Gasteiger partial charge on any atom is -0.497 e. The van der Waals surface area contributed by atoms with Gasteiger partial charge in [0.05, 0.1) is 7.11 Å². The van der Waals surface area contributed by atoms with Crippen LogP contribution in [0.2, 0.25) is 0 Å². The van der Waals surface area contributed by atoms with Crippen molar-refractivity contribution in [3.8, 4) is 5.75 Å². The van der Waals surface area contributed by atoms with E-state index >= 15 is 0 Å². The number of methoxy groups -OCH3 is 1. The molecule has 0 amide bonds. The molecular weight excluding hydrogens is 260 g/mol. The molecule has 1 aliphatic carbocycles. The number of fused-ring (bicyclic) bond motifs is 1. The topological polar surface area (TPSA) is 38.5 Å². The Morgan fingerprint density at radius 3 is 2.86 bits per heavy atom. The second-order valence-corrected chi connectivity index (χ2v) is 6.77. The first-order chi connectivity index (χ1) is 10.2. The standard InChI is InChI=1S/C18H28N2O/c1-13-4-3-10-20(11-9-13)17-8-5-14-12-15(21-2)6-7-16(14)18(17)19/h6-7,12-13,17-18H,3-5,8-11,19H2,1-2H3. The maximum Gasteiger partial charge on any atom is 0.119 e. The summed E-state index contributed by atoms with van der Waals surface area (Å²) in [6.07, 6.45) is 6.30. The molecule has 3 nitrogen and oxygen atoms in total. The molecule has 116 valence electrons. The molecule has 1 aromatic rings. The SMILES string of the molecule is COc1ccc2c(c1)CCC(N1CCCC(C)CC1)C2N. The van der Waals surface area contributed by atoms with Gasteiger partial charge in [-0.25, -0.2) is 0 Å². The van der Waals surface area contributed by atoms with Gasteiger partial charge in [-0.05, 0) is 74.4 Å². The average molecular weight is 288 g/mol. The fourth-order valence-corrected chi connectivity index (χ4v) is 3.97. The monoisotopic (exact) mass is 288 g/mol. The number of likely N-dealkylation sites (tertiary alicyclic amines) is 1. The van der Waals surface area contributed by atoms with Crippen molar-refractivity contribution in [1.82, 2.24) is 4.90 Å². The zero-order valence-corrected chi connectivity index (χ0v) is 13.3. The highest BCUT2D eigenvalue weighted by Crippen LogP contribution is 2.34. The number of hydrogen-bond donors (Lipinski definition) is 1. The molecule has 0 aromatic heterocycles. The van der Waals surface area contributed by atoms with Gasteiger partial charge in [0.25, 0.3) is 0 Å². The van der Waals surface area contributed by atoms with Crippen LogP contribution in [0.15, 0.2) is 18.2 Å². The number of rotatable bonds is 2. The van der Waals surface area contributed by atoms with Crippen LogP contribution >= 0.6 is 0 Å². The summed E-state index contributed by atoms with van der Waals surface area (Å²) in [4.78, 5) is 2.65. The van der Waals surface area contributed by atoms with E-state index in [4.69, 9.17) is 10.5 Å². The molecule has 0 bridgehead atoms. The molecule has 1 heterocycles. The van der Waals surface area contributed by atoms with Gasteiger partial charge >= 0.3 is 0 Å². The lowest BCUT2D eigenvalue weighted by Gasteiger charge is -2.39. The molecule has 1 aliphatic heterocycles. The largest absolute Gasteiger partial charge is 0.497 e. The summed E-state index contributed by atoms with van der Waals surface area (Å²) >= 11 is 0. The number of hydrogen-bond acceptors (Lipinski definition) is 3. The van der Waals surface area contributed by atoms with Crippen LogP contribution < -0.4 is 10.5 Å². The fourth-order valence-electron chi connectivity index (χ4n) is 3.97. The Balaban J connectivity index is 1.77. The summed E-state index contributed by atoms with van der Waals surface area (Å²) < 4.78 is 5.34. The molecule has 0 saturated carbocycles. The van der Waals surface area contributed by atoms with E-state index in [9.17, 15) is 0 Å². The van der Waals surface area contributed by atoms with Crippen molar-refractivity contribution in [2.24, 2.45) is 11.7 Å². The molecule has 21 heavy (non-hydrogen) atoms. The lowest BCUT2D eigenvalue weighted by Crippen LogP contribution is -2.45. The second-order valence-electron chi connectivity index (χ2n) is 6.77. The van der Waals surface area contributed by atoms with Crippen LogP contribution in [0.25, 0.3) is 0 Å². The van der Waals surface area contributed by atoms with Crippen LogP contribution in [-0.2, 0) is 6.42 Å². The zero-order chi connectivity index (χ0) is 14.8. The number of benzene rings is 1. The summed E-state index contributed by atoms with van der Waals surface area (Å²) in [5.41, 5.74) is 9.32. The van der Waals surface area contributed by atoms with Crippen molar-refractivity contribution in [2.45, 2.75) is 51.1 Å². The molecule has 1 aromatic carbocycles. The van der Waals surface area contributed by atoms with Gasteiger partial charge in [0.15, 0.2) is 0 Å². The highest BCUT2D eigenvalue weighted by molar-refractivity contribution is 5.40. The van der Waals surface area contributed by atoms with Crippen LogP contribution in [0.1, 0.15) is 49.8 Å². The summed E-state index contributed by atoms with van der Waals surface area (Å²) in [6, 6.07) is 7.04. The zero-order valence-electron chi connectivity index (χ0n) is 13.3. The first-order valence-electron chi connectivity index (χ1n) is 8.35. The maximum absolute atomic E-state index is 6.62. The van der Waals surface area contributed by atoms with Crippen LogP contribution in [0.5, 0.6) is 5.75 Å². The van der Waals surface area contributed by atoms with Gasteiger partial charge in [-0.2, -0.15) is 0 Å². The van der Waals surface area contributed by atoms with Gasteiger partial charge in [0.2, 0.25) is 0 Å². The average Bonchev–Trinajstić information content (AvgIpc) is 2.72. The van der Waals surface area contributed by atoms with Gasteiger partial charge in [0.1, 0.15) is 5.75 Å². The van der Waals surface area contributed by atoms with E-state index in [2.05, 4.69) is 24.0 Å². The third-order valence-corrected chi connectivity index (χ3v) is 5.35. The van der Waals surface area contributed by atoms with Gasteiger partial charge < -0.3 is 10.5 Å². The number of nitrogens with zero attached hydrogens (tertiary/aromatic N) is 1. The normalized spacial score (nSPS) is 30.5. The van der Waals surface area contributed by atoms with E-state index in [1.165, 1.54) is 49.9 Å². The number of ether oxygens (including phenoxy) is 1. The van der Waals surface area contributed by atoms with Crippen LogP contribution in [0, 0.1) is 5.92 Å². The van der Waals surface area contributed by atoms with Gasteiger partial charge in [-0.3, -0.25) is 4.90 Å². The third-order valence-electron chi connectivity index (χ3n) is 5.35. The van der Waals surface area contributed by atoms with E-state index in [-0.39, 0.29) is 6.04 Å². The number of aryl methyl sites for hydroxylation is 1. The molecule has 2 aliphatic rings. The highest BCUT2D eigenvalue weighted by atomic mass is 16.5. The smallest absolute Gasteiger partial charge is 0.119 e. The fraction of sp³-hybridized carbons (Fsp3) is 0.667. The number of nitrogens with two attached hydrogens (primary N) is 1. The summed E-state index contributed by atoms with van der Waals surface area (Å²) in [5.74, 6) is 1.81. The van der Waals surface area contributed by atoms with Crippen molar-refractivity contribution in [2.75, 3.05) is 20.2 Å². The molecule has 0 radical (unpaired) electrons. The lowest BCUT2D eigenvalue weighted by molar-refractivity contribution is 0.159. The van der Waals surface area contributed by atoms with E-state index in [1.54, 1.807) is 7.11 Å². The second kappa shape index (κ2) is 6.37. The Hall–Kier alpha value is -1.06. The predicted octanol–water partition coefficient (Wildman–Crippen LogP) is 3.13. The molecule has 3 heteroatoms. The van der Waals surface area contributed by atoms with Crippen molar-refractivity contribution in [3.05, 3.63) is 29.3 Å². The van der Waals surface area contributed by atoms with Crippen LogP contribution in [-0.4, -0.2) is 31.1 Å². The van der Waals surface area contributed by atoms with Crippen LogP contribution in [0.3, 0.4) is 0 Å². The predicted molar refractivity (Wildman–Crippen MR) is 86.6 cm³/mol. The quantitative estimate of drug-likeness (QED) is 0.908. The Labute approximate surface area is 128 Å². The molecule has 0 spiro atoms. The Bertz CT molecular complexity index is 488. The molecule has 1 saturated heterocycles. The highest BCUT2D eigenvalue weighted by Gasteiger charge is 2.32. The molecule has 3 atom stereocenters. The molecular formula is C18H28N2O. The Morgan fingerprint density at radius 2 is 2.05 bits per heavy atom. The molecule has 1 fully saturated rings. The summed E-state index contributed by atoms with van der Waals surface area (Å²) in [7, 11) is 1.73. The minimum absolute atomic E-state index is 0.146.